The van der Waals surface area contributed by atoms with Crippen LogP contribution in [0.5, 0.6) is 5.75 Å². The number of nitriles is 1. The number of aromatic nitrogens is 1. The van der Waals surface area contributed by atoms with Gasteiger partial charge in [-0.3, -0.25) is 4.79 Å². The summed E-state index contributed by atoms with van der Waals surface area (Å²) in [4.78, 5) is 14.3. The molecule has 0 unspecified atom stereocenters. The Morgan fingerprint density at radius 3 is 2.41 bits per heavy atom. The predicted molar refractivity (Wildman–Crippen MR) is 116 cm³/mol. The van der Waals surface area contributed by atoms with Gasteiger partial charge in [-0.2, -0.15) is 5.26 Å². The Kier molecular flexibility index (Phi) is 5.28. The Hall–Kier alpha value is -3.62. The average Bonchev–Trinajstić information content (AvgIpc) is 3.30. The lowest BCUT2D eigenvalue weighted by Gasteiger charge is -2.16. The summed E-state index contributed by atoms with van der Waals surface area (Å²) in [6.07, 6.45) is 0. The number of methoxy groups -OCH3 is 1. The van der Waals surface area contributed by atoms with E-state index in [-0.39, 0.29) is 11.1 Å². The van der Waals surface area contributed by atoms with Gasteiger partial charge >= 0.3 is 0 Å². The van der Waals surface area contributed by atoms with E-state index in [4.69, 9.17) is 4.74 Å². The second kappa shape index (κ2) is 8.17. The van der Waals surface area contributed by atoms with Crippen LogP contribution in [-0.2, 0) is 6.54 Å². The van der Waals surface area contributed by atoms with Crippen LogP contribution in [0, 0.1) is 11.3 Å². The zero-order chi connectivity index (χ0) is 20.2. The first-order valence-corrected chi connectivity index (χ1v) is 9.99. The molecule has 0 aliphatic heterocycles. The van der Waals surface area contributed by atoms with Crippen molar-refractivity contribution < 1.29 is 4.74 Å². The number of benzene rings is 2. The summed E-state index contributed by atoms with van der Waals surface area (Å²) in [5.41, 5.74) is 3.11. The lowest BCUT2D eigenvalue weighted by Crippen LogP contribution is -2.25. The fraction of sp³-hybridized carbons (Fsp3) is 0.0833. The first-order chi connectivity index (χ1) is 14.2. The fourth-order valence-electron chi connectivity index (χ4n) is 3.30. The van der Waals surface area contributed by atoms with E-state index in [9.17, 15) is 10.1 Å². The van der Waals surface area contributed by atoms with E-state index in [2.05, 4.69) is 6.07 Å². The zero-order valence-corrected chi connectivity index (χ0v) is 16.6. The number of hydrogen-bond donors (Lipinski definition) is 0. The summed E-state index contributed by atoms with van der Waals surface area (Å²) in [5, 5.41) is 11.8. The van der Waals surface area contributed by atoms with Gasteiger partial charge in [-0.15, -0.1) is 11.3 Å². The Morgan fingerprint density at radius 1 is 1.03 bits per heavy atom. The quantitative estimate of drug-likeness (QED) is 0.466. The standard InChI is InChI=1S/C24H18N2O2S/c1-28-19-11-9-18(10-12-19)20-14-22(23-8-5-13-29-23)26(24(27)21(20)15-25)16-17-6-3-2-4-7-17/h2-14H,16H2,1H3. The highest BCUT2D eigenvalue weighted by molar-refractivity contribution is 7.13. The Labute approximate surface area is 172 Å². The molecule has 2 aromatic heterocycles. The first-order valence-electron chi connectivity index (χ1n) is 9.11. The molecule has 0 spiro atoms. The molecule has 0 amide bonds. The van der Waals surface area contributed by atoms with Gasteiger partial charge in [0.25, 0.3) is 5.56 Å². The van der Waals surface area contributed by atoms with Crippen LogP contribution in [0.4, 0.5) is 0 Å². The molecular formula is C24H18N2O2S. The Balaban J connectivity index is 1.94. The minimum Gasteiger partial charge on any atom is -0.497 e. The van der Waals surface area contributed by atoms with E-state index < -0.39 is 0 Å². The van der Waals surface area contributed by atoms with Crippen molar-refractivity contribution in [2.75, 3.05) is 7.11 Å². The van der Waals surface area contributed by atoms with Crippen LogP contribution in [-0.4, -0.2) is 11.7 Å². The third-order valence-corrected chi connectivity index (χ3v) is 5.66. The first kappa shape index (κ1) is 18.7. The number of ether oxygens (including phenoxy) is 1. The van der Waals surface area contributed by atoms with Crippen LogP contribution >= 0.6 is 11.3 Å². The number of thiophene rings is 1. The van der Waals surface area contributed by atoms with Crippen molar-refractivity contribution in [3.05, 3.63) is 99.7 Å². The molecule has 0 radical (unpaired) electrons. The highest BCUT2D eigenvalue weighted by Crippen LogP contribution is 2.31. The summed E-state index contributed by atoms with van der Waals surface area (Å²) in [6, 6.07) is 25.2. The maximum Gasteiger partial charge on any atom is 0.269 e. The van der Waals surface area contributed by atoms with Crippen molar-refractivity contribution in [3.8, 4) is 33.5 Å². The number of hydrogen-bond acceptors (Lipinski definition) is 4. The molecule has 0 fully saturated rings. The van der Waals surface area contributed by atoms with E-state index in [1.807, 2.05) is 78.2 Å². The van der Waals surface area contributed by atoms with Crippen LogP contribution in [0.3, 0.4) is 0 Å². The molecule has 4 nitrogen and oxygen atoms in total. The van der Waals surface area contributed by atoms with Crippen molar-refractivity contribution in [2.24, 2.45) is 0 Å². The maximum absolute atomic E-state index is 13.4. The van der Waals surface area contributed by atoms with Crippen LogP contribution in [0.2, 0.25) is 0 Å². The SMILES string of the molecule is COc1ccc(-c2cc(-c3cccs3)n(Cc3ccccc3)c(=O)c2C#N)cc1. The number of rotatable bonds is 5. The van der Waals surface area contributed by atoms with Gasteiger partial charge < -0.3 is 9.30 Å². The second-order valence-electron chi connectivity index (χ2n) is 6.51. The summed E-state index contributed by atoms with van der Waals surface area (Å²) < 4.78 is 6.91. The molecule has 0 bridgehead atoms. The van der Waals surface area contributed by atoms with Gasteiger partial charge in [0.15, 0.2) is 0 Å². The van der Waals surface area contributed by atoms with Gasteiger partial charge in [0.2, 0.25) is 0 Å². The van der Waals surface area contributed by atoms with Crippen molar-refractivity contribution >= 4 is 11.3 Å². The van der Waals surface area contributed by atoms with E-state index in [1.54, 1.807) is 23.0 Å². The molecule has 4 rings (SSSR count). The van der Waals surface area contributed by atoms with Gasteiger partial charge in [-0.05, 0) is 40.8 Å². The lowest BCUT2D eigenvalue weighted by atomic mass is 9.99. The van der Waals surface area contributed by atoms with Gasteiger partial charge in [0.1, 0.15) is 17.4 Å². The molecule has 0 saturated heterocycles. The minimum atomic E-state index is -0.284. The molecule has 0 aliphatic carbocycles. The molecule has 142 valence electrons. The molecule has 0 aliphatic rings. The van der Waals surface area contributed by atoms with E-state index in [1.165, 1.54) is 0 Å². The van der Waals surface area contributed by atoms with Crippen LogP contribution in [0.15, 0.2) is 83.0 Å². The fourth-order valence-corrected chi connectivity index (χ4v) is 4.05. The molecule has 2 aromatic carbocycles. The molecule has 0 saturated carbocycles. The minimum absolute atomic E-state index is 0.145. The third kappa shape index (κ3) is 3.71. The third-order valence-electron chi connectivity index (χ3n) is 4.77. The van der Waals surface area contributed by atoms with Gasteiger partial charge in [-0.25, -0.2) is 0 Å². The number of nitrogens with zero attached hydrogens (tertiary/aromatic N) is 2. The van der Waals surface area contributed by atoms with Crippen molar-refractivity contribution in [2.45, 2.75) is 6.54 Å². The normalized spacial score (nSPS) is 10.5. The number of pyridine rings is 1. The Morgan fingerprint density at radius 2 is 1.79 bits per heavy atom. The second-order valence-corrected chi connectivity index (χ2v) is 7.46. The maximum atomic E-state index is 13.4. The summed E-state index contributed by atoms with van der Waals surface area (Å²) >= 11 is 1.57. The molecular weight excluding hydrogens is 380 g/mol. The highest BCUT2D eigenvalue weighted by Gasteiger charge is 2.18. The Bertz CT molecular complexity index is 1220. The predicted octanol–water partition coefficient (Wildman–Crippen LogP) is 5.17. The van der Waals surface area contributed by atoms with Gasteiger partial charge in [-0.1, -0.05) is 48.5 Å². The summed E-state index contributed by atoms with van der Waals surface area (Å²) in [6.45, 7) is 0.407. The van der Waals surface area contributed by atoms with Crippen molar-refractivity contribution in [1.82, 2.24) is 4.57 Å². The lowest BCUT2D eigenvalue weighted by molar-refractivity contribution is 0.415. The zero-order valence-electron chi connectivity index (χ0n) is 15.8. The summed E-state index contributed by atoms with van der Waals surface area (Å²) in [7, 11) is 1.61. The molecule has 0 atom stereocenters. The van der Waals surface area contributed by atoms with Crippen molar-refractivity contribution in [3.63, 3.8) is 0 Å². The highest BCUT2D eigenvalue weighted by atomic mass is 32.1. The van der Waals surface area contributed by atoms with Crippen LogP contribution < -0.4 is 10.3 Å². The largest absolute Gasteiger partial charge is 0.497 e. The van der Waals surface area contributed by atoms with Crippen LogP contribution in [0.1, 0.15) is 11.1 Å². The van der Waals surface area contributed by atoms with E-state index >= 15 is 0 Å². The van der Waals surface area contributed by atoms with Crippen LogP contribution in [0.25, 0.3) is 21.7 Å². The van der Waals surface area contributed by atoms with Gasteiger partial charge in [0, 0.05) is 5.56 Å². The monoisotopic (exact) mass is 398 g/mol. The molecule has 5 heteroatoms. The molecule has 29 heavy (non-hydrogen) atoms. The molecule has 0 N–H and O–H groups in total. The van der Waals surface area contributed by atoms with E-state index in [0.29, 0.717) is 12.1 Å². The van der Waals surface area contributed by atoms with E-state index in [0.717, 1.165) is 27.4 Å². The summed E-state index contributed by atoms with van der Waals surface area (Å²) in [5.74, 6) is 0.725. The van der Waals surface area contributed by atoms with Gasteiger partial charge in [0.05, 0.1) is 24.2 Å². The average molecular weight is 398 g/mol. The molecule has 2 heterocycles. The van der Waals surface area contributed by atoms with Crippen molar-refractivity contribution in [1.29, 1.82) is 5.26 Å². The molecule has 4 aromatic rings. The smallest absolute Gasteiger partial charge is 0.269 e. The topological polar surface area (TPSA) is 55.0 Å².